The van der Waals surface area contributed by atoms with E-state index < -0.39 is 0 Å². The first kappa shape index (κ1) is 17.7. The lowest BCUT2D eigenvalue weighted by Crippen LogP contribution is -2.23. The molecule has 2 aliphatic heterocycles. The first-order chi connectivity index (χ1) is 11.3. The topological polar surface area (TPSA) is 33.1 Å². The summed E-state index contributed by atoms with van der Waals surface area (Å²) < 4.78 is 2.42. The predicted molar refractivity (Wildman–Crippen MR) is 102 cm³/mol. The van der Waals surface area contributed by atoms with Gasteiger partial charge in [0, 0.05) is 19.1 Å². The summed E-state index contributed by atoms with van der Waals surface area (Å²) in [7, 11) is 0. The average molecular weight is 349 g/mol. The van der Waals surface area contributed by atoms with Gasteiger partial charge in [-0.25, -0.2) is 4.98 Å². The zero-order valence-corrected chi connectivity index (χ0v) is 15.4. The van der Waals surface area contributed by atoms with Crippen molar-refractivity contribution < 1.29 is 0 Å². The lowest BCUT2D eigenvalue weighted by molar-refractivity contribution is 0.331. The molecule has 132 valence electrons. The molecule has 0 bridgehead atoms. The van der Waals surface area contributed by atoms with Gasteiger partial charge in [0.2, 0.25) is 0 Å². The Morgan fingerprint density at radius 3 is 2.83 bits per heavy atom. The van der Waals surface area contributed by atoms with Gasteiger partial charge in [-0.15, -0.1) is 12.4 Å². The molecule has 0 saturated carbocycles. The number of hydrogen-bond acceptors (Lipinski definition) is 3. The Balaban J connectivity index is 0.00000169. The summed E-state index contributed by atoms with van der Waals surface area (Å²) in [5.74, 6) is 0. The van der Waals surface area contributed by atoms with E-state index >= 15 is 0 Å². The third-order valence-corrected chi connectivity index (χ3v) is 5.44. The summed E-state index contributed by atoms with van der Waals surface area (Å²) in [6.07, 6.45) is 8.63. The average Bonchev–Trinajstić information content (AvgIpc) is 3.11. The van der Waals surface area contributed by atoms with E-state index in [1.54, 1.807) is 0 Å². The smallest absolute Gasteiger partial charge is 0.0961 e. The van der Waals surface area contributed by atoms with Crippen molar-refractivity contribution in [3.8, 4) is 0 Å². The molecule has 0 spiro atoms. The van der Waals surface area contributed by atoms with Crippen molar-refractivity contribution in [2.45, 2.75) is 51.6 Å². The first-order valence-corrected chi connectivity index (χ1v) is 9.20. The van der Waals surface area contributed by atoms with Crippen LogP contribution in [0.2, 0.25) is 0 Å². The van der Waals surface area contributed by atoms with Crippen LogP contribution in [0.15, 0.2) is 18.5 Å². The Bertz CT molecular complexity index is 667. The number of aryl methyl sites for hydroxylation is 1. The second kappa shape index (κ2) is 7.85. The van der Waals surface area contributed by atoms with E-state index in [4.69, 9.17) is 4.98 Å². The second-order valence-corrected chi connectivity index (χ2v) is 7.27. The van der Waals surface area contributed by atoms with E-state index in [-0.39, 0.29) is 12.4 Å². The van der Waals surface area contributed by atoms with Gasteiger partial charge in [-0.2, -0.15) is 0 Å². The number of benzene rings is 1. The van der Waals surface area contributed by atoms with Gasteiger partial charge in [-0.05, 0) is 69.4 Å². The molecule has 5 heteroatoms. The quantitative estimate of drug-likeness (QED) is 0.918. The van der Waals surface area contributed by atoms with E-state index in [2.05, 4.69) is 40.2 Å². The minimum Gasteiger partial charge on any atom is -0.326 e. The zero-order valence-electron chi connectivity index (χ0n) is 14.6. The van der Waals surface area contributed by atoms with Crippen LogP contribution in [0.1, 0.15) is 49.3 Å². The number of hydrogen-bond donors (Lipinski definition) is 1. The lowest BCUT2D eigenvalue weighted by Gasteiger charge is -2.19. The molecule has 1 atom stereocenters. The predicted octanol–water partition coefficient (Wildman–Crippen LogP) is 3.68. The molecule has 4 rings (SSSR count). The van der Waals surface area contributed by atoms with Gasteiger partial charge < -0.3 is 9.88 Å². The van der Waals surface area contributed by atoms with Crippen LogP contribution in [-0.2, 0) is 6.54 Å². The molecule has 2 aliphatic rings. The molecule has 2 aromatic rings. The Hall–Kier alpha value is -1.10. The number of fused-ring (bicyclic) bond motifs is 1. The minimum atomic E-state index is 0. The number of nitrogens with zero attached hydrogens (tertiary/aromatic N) is 3. The van der Waals surface area contributed by atoms with Crippen molar-refractivity contribution in [1.29, 1.82) is 0 Å². The van der Waals surface area contributed by atoms with Gasteiger partial charge in [-0.1, -0.05) is 12.5 Å². The number of nitrogens with one attached hydrogen (secondary N) is 1. The molecule has 2 fully saturated rings. The van der Waals surface area contributed by atoms with Crippen molar-refractivity contribution in [2.24, 2.45) is 0 Å². The first-order valence-electron chi connectivity index (χ1n) is 9.20. The Labute approximate surface area is 151 Å². The van der Waals surface area contributed by atoms with E-state index in [1.165, 1.54) is 67.4 Å². The van der Waals surface area contributed by atoms with Gasteiger partial charge in [0.15, 0.2) is 0 Å². The lowest BCUT2D eigenvalue weighted by atomic mass is 10.1. The largest absolute Gasteiger partial charge is 0.326 e. The minimum absolute atomic E-state index is 0. The molecular weight excluding hydrogens is 320 g/mol. The summed E-state index contributed by atoms with van der Waals surface area (Å²) in [4.78, 5) is 7.30. The van der Waals surface area contributed by atoms with Crippen LogP contribution in [0.5, 0.6) is 0 Å². The van der Waals surface area contributed by atoms with Gasteiger partial charge in [0.05, 0.1) is 17.4 Å². The zero-order chi connectivity index (χ0) is 15.6. The molecule has 1 aromatic carbocycles. The van der Waals surface area contributed by atoms with Crippen LogP contribution in [0.4, 0.5) is 0 Å². The third-order valence-electron chi connectivity index (χ3n) is 5.44. The standard InChI is InChI=1S/C19H28N4.ClH/c1-15-10-16(13-22-8-4-5-9-22)11-18-19(15)23(14-21-18)17-6-2-3-7-20-12-17;/h10-11,14,17,20H,2-9,12-13H2,1H3;1H. The molecule has 24 heavy (non-hydrogen) atoms. The van der Waals surface area contributed by atoms with Crippen molar-refractivity contribution in [1.82, 2.24) is 19.8 Å². The number of halogens is 1. The highest BCUT2D eigenvalue weighted by atomic mass is 35.5. The highest BCUT2D eigenvalue weighted by molar-refractivity contribution is 5.85. The molecule has 2 saturated heterocycles. The normalized spacial score (nSPS) is 22.5. The monoisotopic (exact) mass is 348 g/mol. The maximum absolute atomic E-state index is 4.74. The van der Waals surface area contributed by atoms with Crippen LogP contribution in [-0.4, -0.2) is 40.6 Å². The molecule has 1 unspecified atom stereocenters. The van der Waals surface area contributed by atoms with Crippen LogP contribution in [0.25, 0.3) is 11.0 Å². The fourth-order valence-corrected chi connectivity index (χ4v) is 4.26. The Morgan fingerprint density at radius 1 is 1.17 bits per heavy atom. The SMILES string of the molecule is Cc1cc(CN2CCCC2)cc2ncn(C3CCCCNC3)c12.Cl. The van der Waals surface area contributed by atoms with Gasteiger partial charge in [-0.3, -0.25) is 4.90 Å². The van der Waals surface area contributed by atoms with Crippen molar-refractivity contribution in [3.05, 3.63) is 29.6 Å². The molecule has 1 N–H and O–H groups in total. The van der Waals surface area contributed by atoms with E-state index in [9.17, 15) is 0 Å². The molecule has 0 amide bonds. The van der Waals surface area contributed by atoms with Gasteiger partial charge in [0.1, 0.15) is 0 Å². The Kier molecular flexibility index (Phi) is 5.80. The second-order valence-electron chi connectivity index (χ2n) is 7.27. The van der Waals surface area contributed by atoms with Crippen LogP contribution < -0.4 is 5.32 Å². The highest BCUT2D eigenvalue weighted by Gasteiger charge is 2.18. The van der Waals surface area contributed by atoms with E-state index in [1.807, 2.05) is 0 Å². The molecular formula is C19H29ClN4. The number of aromatic nitrogens is 2. The summed E-state index contributed by atoms with van der Waals surface area (Å²) in [5.41, 5.74) is 5.30. The maximum Gasteiger partial charge on any atom is 0.0961 e. The van der Waals surface area contributed by atoms with Gasteiger partial charge >= 0.3 is 0 Å². The summed E-state index contributed by atoms with van der Waals surface area (Å²) in [6, 6.07) is 5.23. The van der Waals surface area contributed by atoms with Crippen molar-refractivity contribution >= 4 is 23.4 Å². The molecule has 0 radical (unpaired) electrons. The fourth-order valence-electron chi connectivity index (χ4n) is 4.26. The van der Waals surface area contributed by atoms with E-state index in [0.717, 1.165) is 19.6 Å². The number of rotatable bonds is 3. The molecule has 3 heterocycles. The third kappa shape index (κ3) is 3.61. The number of imidazole rings is 1. The molecule has 0 aliphatic carbocycles. The molecule has 4 nitrogen and oxygen atoms in total. The van der Waals surface area contributed by atoms with E-state index in [0.29, 0.717) is 6.04 Å². The van der Waals surface area contributed by atoms with Gasteiger partial charge in [0.25, 0.3) is 0 Å². The summed E-state index contributed by atoms with van der Waals surface area (Å²) in [5, 5.41) is 3.57. The summed E-state index contributed by atoms with van der Waals surface area (Å²) >= 11 is 0. The van der Waals surface area contributed by atoms with Crippen molar-refractivity contribution in [3.63, 3.8) is 0 Å². The maximum atomic E-state index is 4.74. The fraction of sp³-hybridized carbons (Fsp3) is 0.632. The van der Waals surface area contributed by atoms with Crippen LogP contribution in [0.3, 0.4) is 0 Å². The molecule has 1 aromatic heterocycles. The highest BCUT2D eigenvalue weighted by Crippen LogP contribution is 2.27. The Morgan fingerprint density at radius 2 is 2.00 bits per heavy atom. The number of likely N-dealkylation sites (tertiary alicyclic amines) is 1. The van der Waals surface area contributed by atoms with Crippen LogP contribution >= 0.6 is 12.4 Å². The van der Waals surface area contributed by atoms with Crippen molar-refractivity contribution in [2.75, 3.05) is 26.2 Å². The van der Waals surface area contributed by atoms with Crippen LogP contribution in [0, 0.1) is 6.92 Å². The summed E-state index contributed by atoms with van der Waals surface area (Å²) in [6.45, 7) is 8.05.